The summed E-state index contributed by atoms with van der Waals surface area (Å²) in [5.41, 5.74) is 7.58. The summed E-state index contributed by atoms with van der Waals surface area (Å²) in [6.45, 7) is 7.51. The molecule has 1 atom stereocenters. The first-order valence-electron chi connectivity index (χ1n) is 10.6. The second-order valence-electron chi connectivity index (χ2n) is 8.88. The van der Waals surface area contributed by atoms with Crippen molar-refractivity contribution in [2.75, 3.05) is 0 Å². The molecule has 0 radical (unpaired) electrons. The number of Topliss-reactive ketones (excluding diaryl/α,β-unsaturated/α-hetero) is 1. The normalized spacial score (nSPS) is 12.0. The van der Waals surface area contributed by atoms with E-state index in [1.807, 2.05) is 27.7 Å². The predicted molar refractivity (Wildman–Crippen MR) is 126 cm³/mol. The van der Waals surface area contributed by atoms with Crippen LogP contribution in [-0.2, 0) is 0 Å². The van der Waals surface area contributed by atoms with Gasteiger partial charge in [-0.05, 0) is 54.8 Å². The molecular weight excluding hydrogens is 418 g/mol. The summed E-state index contributed by atoms with van der Waals surface area (Å²) in [6.07, 6.45) is 0. The van der Waals surface area contributed by atoms with Crippen LogP contribution in [0.2, 0.25) is 0 Å². The van der Waals surface area contributed by atoms with Crippen molar-refractivity contribution in [2.24, 2.45) is 11.1 Å². The average Bonchev–Trinajstić information content (AvgIpc) is 2.79. The maximum absolute atomic E-state index is 12.9. The van der Waals surface area contributed by atoms with Gasteiger partial charge in [-0.1, -0.05) is 56.7 Å². The minimum atomic E-state index is -0.767. The van der Waals surface area contributed by atoms with Crippen molar-refractivity contribution in [1.29, 1.82) is 0 Å². The van der Waals surface area contributed by atoms with Gasteiger partial charge in [-0.3, -0.25) is 4.79 Å². The Kier molecular flexibility index (Phi) is 7.09. The van der Waals surface area contributed by atoms with Gasteiger partial charge in [-0.25, -0.2) is 9.59 Å². The first-order chi connectivity index (χ1) is 15.6. The zero-order valence-electron chi connectivity index (χ0n) is 19.1. The molecule has 2 N–H and O–H groups in total. The summed E-state index contributed by atoms with van der Waals surface area (Å²) in [5.74, 6) is -1.59. The molecular formula is C27H27NO5. The molecule has 3 aromatic carbocycles. The van der Waals surface area contributed by atoms with Crippen LogP contribution in [0.1, 0.15) is 57.4 Å². The molecule has 0 aliphatic carbocycles. The number of carbonyl (C=O) groups excluding carboxylic acids is 3. The third-order valence-electron chi connectivity index (χ3n) is 5.15. The average molecular weight is 446 g/mol. The third-order valence-corrected chi connectivity index (χ3v) is 5.15. The number of benzene rings is 3. The molecule has 0 aliphatic rings. The van der Waals surface area contributed by atoms with Crippen LogP contribution in [0.15, 0.2) is 72.8 Å². The second kappa shape index (κ2) is 9.79. The Morgan fingerprint density at radius 2 is 1.24 bits per heavy atom. The summed E-state index contributed by atoms with van der Waals surface area (Å²) >= 11 is 0. The summed E-state index contributed by atoms with van der Waals surface area (Å²) in [6, 6.07) is 18.8. The van der Waals surface area contributed by atoms with Crippen molar-refractivity contribution in [3.63, 3.8) is 0 Å². The summed E-state index contributed by atoms with van der Waals surface area (Å²) in [7, 11) is 0. The first-order valence-corrected chi connectivity index (χ1v) is 10.6. The fourth-order valence-electron chi connectivity index (χ4n) is 2.98. The van der Waals surface area contributed by atoms with Gasteiger partial charge in [-0.2, -0.15) is 0 Å². The molecule has 3 rings (SSSR count). The molecule has 6 heteroatoms. The van der Waals surface area contributed by atoms with Crippen molar-refractivity contribution in [3.05, 3.63) is 95.1 Å². The van der Waals surface area contributed by atoms with E-state index in [2.05, 4.69) is 0 Å². The maximum atomic E-state index is 12.9. The molecule has 1 unspecified atom stereocenters. The highest BCUT2D eigenvalue weighted by Gasteiger charge is 2.29. The van der Waals surface area contributed by atoms with Crippen LogP contribution in [-0.4, -0.2) is 23.8 Å². The van der Waals surface area contributed by atoms with Gasteiger partial charge in [0, 0.05) is 5.56 Å². The van der Waals surface area contributed by atoms with E-state index < -0.39 is 23.4 Å². The van der Waals surface area contributed by atoms with Crippen LogP contribution in [0.5, 0.6) is 11.5 Å². The van der Waals surface area contributed by atoms with E-state index in [-0.39, 0.29) is 22.8 Å². The van der Waals surface area contributed by atoms with E-state index in [9.17, 15) is 14.4 Å². The third kappa shape index (κ3) is 5.93. The van der Waals surface area contributed by atoms with Gasteiger partial charge >= 0.3 is 11.9 Å². The van der Waals surface area contributed by atoms with Crippen LogP contribution in [0, 0.1) is 12.3 Å². The number of nitrogens with two attached hydrogens (primary N) is 1. The molecule has 3 aromatic rings. The quantitative estimate of drug-likeness (QED) is 0.326. The molecule has 0 saturated carbocycles. The Morgan fingerprint density at radius 3 is 1.82 bits per heavy atom. The van der Waals surface area contributed by atoms with Gasteiger partial charge in [-0.15, -0.1) is 0 Å². The van der Waals surface area contributed by atoms with Crippen molar-refractivity contribution in [2.45, 2.75) is 33.7 Å². The van der Waals surface area contributed by atoms with Crippen LogP contribution < -0.4 is 15.2 Å². The van der Waals surface area contributed by atoms with Gasteiger partial charge in [0.25, 0.3) is 0 Å². The first kappa shape index (κ1) is 23.9. The summed E-state index contributed by atoms with van der Waals surface area (Å²) in [4.78, 5) is 38.2. The van der Waals surface area contributed by atoms with Crippen molar-refractivity contribution >= 4 is 17.7 Å². The van der Waals surface area contributed by atoms with Gasteiger partial charge in [0.1, 0.15) is 0 Å². The smallest absolute Gasteiger partial charge is 0.343 e. The second-order valence-corrected chi connectivity index (χ2v) is 8.88. The molecule has 170 valence electrons. The number of hydrogen-bond acceptors (Lipinski definition) is 6. The fraction of sp³-hybridized carbons (Fsp3) is 0.222. The zero-order chi connectivity index (χ0) is 24.2. The Morgan fingerprint density at radius 1 is 0.727 bits per heavy atom. The number of rotatable bonds is 6. The predicted octanol–water partition coefficient (Wildman–Crippen LogP) is 4.99. The lowest BCUT2D eigenvalue weighted by molar-refractivity contribution is 0.0682. The highest BCUT2D eigenvalue weighted by atomic mass is 16.6. The standard InChI is InChI=1S/C27H27NO5/c1-17-10-12-19(13-11-17)26(31)32-21-15-14-20(23(29)24(28)27(2,3)4)16-22(21)33-25(30)18-8-6-5-7-9-18/h5-16,24H,28H2,1-4H3. The van der Waals surface area contributed by atoms with E-state index >= 15 is 0 Å². The Hall–Kier alpha value is -3.77. The molecule has 33 heavy (non-hydrogen) atoms. The van der Waals surface area contributed by atoms with Gasteiger partial charge in [0.05, 0.1) is 17.2 Å². The Balaban J connectivity index is 1.95. The van der Waals surface area contributed by atoms with E-state index in [0.717, 1.165) is 5.56 Å². The number of aryl methyl sites for hydroxylation is 1. The molecule has 0 bridgehead atoms. The number of ketones is 1. The molecule has 0 aromatic heterocycles. The van der Waals surface area contributed by atoms with Gasteiger partial charge in [0.2, 0.25) is 0 Å². The van der Waals surface area contributed by atoms with Crippen molar-refractivity contribution in [3.8, 4) is 11.5 Å². The van der Waals surface area contributed by atoms with E-state index in [4.69, 9.17) is 15.2 Å². The van der Waals surface area contributed by atoms with Crippen LogP contribution >= 0.6 is 0 Å². The lowest BCUT2D eigenvalue weighted by Crippen LogP contribution is -2.42. The fourth-order valence-corrected chi connectivity index (χ4v) is 2.98. The molecule has 0 fully saturated rings. The number of carbonyl (C=O) groups is 3. The highest BCUT2D eigenvalue weighted by molar-refractivity contribution is 6.01. The summed E-state index contributed by atoms with van der Waals surface area (Å²) < 4.78 is 11.0. The molecule has 0 saturated heterocycles. The van der Waals surface area contributed by atoms with Gasteiger partial charge < -0.3 is 15.2 Å². The van der Waals surface area contributed by atoms with Gasteiger partial charge in [0.15, 0.2) is 17.3 Å². The minimum Gasteiger partial charge on any atom is -0.419 e. The monoisotopic (exact) mass is 445 g/mol. The van der Waals surface area contributed by atoms with Crippen LogP contribution in [0.4, 0.5) is 0 Å². The number of ether oxygens (including phenoxy) is 2. The zero-order valence-corrected chi connectivity index (χ0v) is 19.1. The topological polar surface area (TPSA) is 95.7 Å². The lowest BCUT2D eigenvalue weighted by Gasteiger charge is -2.25. The van der Waals surface area contributed by atoms with Crippen molar-refractivity contribution in [1.82, 2.24) is 0 Å². The largest absolute Gasteiger partial charge is 0.419 e. The molecule has 0 amide bonds. The lowest BCUT2D eigenvalue weighted by atomic mass is 9.83. The number of hydrogen-bond donors (Lipinski definition) is 1. The van der Waals surface area contributed by atoms with Crippen molar-refractivity contribution < 1.29 is 23.9 Å². The summed E-state index contributed by atoms with van der Waals surface area (Å²) in [5, 5.41) is 0. The minimum absolute atomic E-state index is 0.0192. The SMILES string of the molecule is Cc1ccc(C(=O)Oc2ccc(C(=O)C(N)C(C)(C)C)cc2OC(=O)c2ccccc2)cc1. The Labute approximate surface area is 193 Å². The molecule has 6 nitrogen and oxygen atoms in total. The molecule has 0 aliphatic heterocycles. The van der Waals surface area contributed by atoms with E-state index in [1.54, 1.807) is 54.6 Å². The Bertz CT molecular complexity index is 1160. The van der Waals surface area contributed by atoms with Crippen LogP contribution in [0.25, 0.3) is 0 Å². The number of esters is 2. The van der Waals surface area contributed by atoms with E-state index in [1.165, 1.54) is 18.2 Å². The van der Waals surface area contributed by atoms with E-state index in [0.29, 0.717) is 11.1 Å². The molecule has 0 spiro atoms. The maximum Gasteiger partial charge on any atom is 0.343 e. The highest BCUT2D eigenvalue weighted by Crippen LogP contribution is 2.32. The van der Waals surface area contributed by atoms with Crippen LogP contribution in [0.3, 0.4) is 0 Å². The molecule has 0 heterocycles.